The SMILES string of the molecule is CC[C@@H](C)[C@H](Nc1ccc2c(cc1=O)[C@@H](NC(C)=O)CCc1cc(OC)c(OC)c(OC)c1-2)C(=O)N1CC[C@@]2(O)CCCC[C@@H]2C1. The van der Waals surface area contributed by atoms with Gasteiger partial charge in [-0.25, -0.2) is 0 Å². The van der Waals surface area contributed by atoms with E-state index < -0.39 is 17.7 Å². The Morgan fingerprint density at radius 3 is 2.50 bits per heavy atom. The lowest BCUT2D eigenvalue weighted by molar-refractivity contribution is -0.145. The number of fused-ring (bicyclic) bond motifs is 4. The van der Waals surface area contributed by atoms with Crippen LogP contribution in [0.25, 0.3) is 11.1 Å². The third kappa shape index (κ3) is 6.41. The Kier molecular flexibility index (Phi) is 10.2. The van der Waals surface area contributed by atoms with Crippen LogP contribution < -0.4 is 30.3 Å². The van der Waals surface area contributed by atoms with Crippen molar-refractivity contribution in [2.45, 2.75) is 89.8 Å². The standard InChI is InChI=1S/C36H49N3O7/c1-7-21(2)32(35(42)39-17-16-36(43)15-9-8-10-24(36)20-39)38-28-14-12-25-26(19-29(28)41)27(37-22(3)40)13-11-23-18-30(44-4)33(45-5)34(46-6)31(23)25/h12,14,18-19,21,24,27,32,43H,7-11,13,15-17,20H2,1-6H3,(H,37,40)(H,38,41)/t21-,24-,27+,32+,36+/m1/s1. The fourth-order valence-corrected chi connectivity index (χ4v) is 7.65. The van der Waals surface area contributed by atoms with E-state index in [0.29, 0.717) is 60.9 Å². The first kappa shape index (κ1) is 33.6. The van der Waals surface area contributed by atoms with E-state index in [1.807, 2.05) is 30.9 Å². The van der Waals surface area contributed by atoms with Crippen molar-refractivity contribution >= 4 is 17.5 Å². The van der Waals surface area contributed by atoms with Crippen LogP contribution in [-0.4, -0.2) is 67.9 Å². The quantitative estimate of drug-likeness (QED) is 0.357. The van der Waals surface area contributed by atoms with Crippen LogP contribution in [0.15, 0.2) is 29.1 Å². The van der Waals surface area contributed by atoms with Crippen molar-refractivity contribution < 1.29 is 28.9 Å². The zero-order valence-electron chi connectivity index (χ0n) is 28.0. The number of carbonyl (C=O) groups is 2. The van der Waals surface area contributed by atoms with E-state index in [1.54, 1.807) is 33.5 Å². The molecule has 10 heteroatoms. The molecule has 250 valence electrons. The number of methoxy groups -OCH3 is 3. The van der Waals surface area contributed by atoms with Crippen molar-refractivity contribution in [3.8, 4) is 28.4 Å². The van der Waals surface area contributed by atoms with Crippen LogP contribution in [0.3, 0.4) is 0 Å². The minimum Gasteiger partial charge on any atom is -0.493 e. The second-order valence-electron chi connectivity index (χ2n) is 13.2. The molecule has 1 aliphatic heterocycles. The fourth-order valence-electron chi connectivity index (χ4n) is 7.65. The molecule has 1 heterocycles. The summed E-state index contributed by atoms with van der Waals surface area (Å²) >= 11 is 0. The molecule has 0 bridgehead atoms. The average molecular weight is 636 g/mol. The maximum atomic E-state index is 14.1. The minimum absolute atomic E-state index is 0.0468. The number of likely N-dealkylation sites (tertiary alicyclic amines) is 1. The van der Waals surface area contributed by atoms with Gasteiger partial charge in [-0.05, 0) is 72.9 Å². The Balaban J connectivity index is 1.57. The maximum Gasteiger partial charge on any atom is 0.245 e. The van der Waals surface area contributed by atoms with Gasteiger partial charge in [-0.2, -0.15) is 0 Å². The molecular weight excluding hydrogens is 586 g/mol. The van der Waals surface area contributed by atoms with Crippen LogP contribution in [0.5, 0.6) is 17.2 Å². The van der Waals surface area contributed by atoms with E-state index in [0.717, 1.165) is 48.8 Å². The molecule has 10 nitrogen and oxygen atoms in total. The van der Waals surface area contributed by atoms with E-state index in [2.05, 4.69) is 10.6 Å². The fraction of sp³-hybridized carbons (Fsp3) is 0.583. The van der Waals surface area contributed by atoms with E-state index in [-0.39, 0.29) is 29.1 Å². The Labute approximate surface area is 271 Å². The summed E-state index contributed by atoms with van der Waals surface area (Å²) in [6, 6.07) is 6.05. The summed E-state index contributed by atoms with van der Waals surface area (Å²) in [5.41, 5.74) is 2.45. The van der Waals surface area contributed by atoms with Gasteiger partial charge in [0.25, 0.3) is 0 Å². The highest BCUT2D eigenvalue weighted by Crippen LogP contribution is 2.50. The van der Waals surface area contributed by atoms with Crippen molar-refractivity contribution in [3.05, 3.63) is 45.6 Å². The number of nitrogens with zero attached hydrogens (tertiary/aromatic N) is 1. The highest BCUT2D eigenvalue weighted by atomic mass is 16.5. The number of aliphatic hydroxyl groups is 1. The first-order valence-corrected chi connectivity index (χ1v) is 16.6. The van der Waals surface area contributed by atoms with E-state index in [9.17, 15) is 19.5 Å². The van der Waals surface area contributed by atoms with Crippen molar-refractivity contribution in [3.63, 3.8) is 0 Å². The van der Waals surface area contributed by atoms with Gasteiger partial charge in [0.1, 0.15) is 6.04 Å². The summed E-state index contributed by atoms with van der Waals surface area (Å²) < 4.78 is 17.2. The lowest BCUT2D eigenvalue weighted by Crippen LogP contribution is -2.57. The maximum absolute atomic E-state index is 14.1. The number of carbonyl (C=O) groups excluding carboxylic acids is 2. The number of hydrogen-bond acceptors (Lipinski definition) is 8. The van der Waals surface area contributed by atoms with Crippen LogP contribution >= 0.6 is 0 Å². The smallest absolute Gasteiger partial charge is 0.245 e. The Hall–Kier alpha value is -3.79. The lowest BCUT2D eigenvalue weighted by Gasteiger charge is -2.48. The Morgan fingerprint density at radius 2 is 1.83 bits per heavy atom. The third-order valence-electron chi connectivity index (χ3n) is 10.4. The minimum atomic E-state index is -0.685. The van der Waals surface area contributed by atoms with Gasteiger partial charge in [-0.15, -0.1) is 0 Å². The van der Waals surface area contributed by atoms with Gasteiger partial charge in [0, 0.05) is 31.5 Å². The van der Waals surface area contributed by atoms with E-state index in [4.69, 9.17) is 14.2 Å². The summed E-state index contributed by atoms with van der Waals surface area (Å²) in [6.45, 7) is 6.56. The Bertz CT molecular complexity index is 1530. The monoisotopic (exact) mass is 635 g/mol. The molecule has 0 spiro atoms. The molecule has 1 saturated carbocycles. The molecule has 46 heavy (non-hydrogen) atoms. The number of anilines is 1. The average Bonchev–Trinajstić information content (AvgIpc) is 3.29. The van der Waals surface area contributed by atoms with Crippen molar-refractivity contribution in [2.24, 2.45) is 11.8 Å². The molecule has 3 aliphatic rings. The van der Waals surface area contributed by atoms with Gasteiger partial charge in [0.05, 0.1) is 38.7 Å². The molecule has 2 amide bonds. The number of hydrogen-bond donors (Lipinski definition) is 3. The number of benzene rings is 1. The first-order valence-electron chi connectivity index (χ1n) is 16.6. The third-order valence-corrected chi connectivity index (χ3v) is 10.4. The predicted molar refractivity (Wildman–Crippen MR) is 178 cm³/mol. The molecular formula is C36H49N3O7. The number of ether oxygens (including phenoxy) is 3. The van der Waals surface area contributed by atoms with Gasteiger partial charge >= 0.3 is 0 Å². The number of aryl methyl sites for hydroxylation is 1. The summed E-state index contributed by atoms with van der Waals surface area (Å²) in [5.74, 6) is 1.23. The molecule has 2 aliphatic carbocycles. The zero-order valence-corrected chi connectivity index (χ0v) is 28.0. The summed E-state index contributed by atoms with van der Waals surface area (Å²) in [6.07, 6.45) is 6.29. The van der Waals surface area contributed by atoms with Crippen LogP contribution in [0.4, 0.5) is 5.69 Å². The van der Waals surface area contributed by atoms with Gasteiger partial charge in [0.2, 0.25) is 23.0 Å². The normalized spacial score (nSPS) is 23.4. The largest absolute Gasteiger partial charge is 0.493 e. The first-order chi connectivity index (χ1) is 22.0. The molecule has 0 aromatic heterocycles. The van der Waals surface area contributed by atoms with Gasteiger partial charge in [-0.1, -0.05) is 39.2 Å². The van der Waals surface area contributed by atoms with Crippen LogP contribution in [-0.2, 0) is 16.0 Å². The Morgan fingerprint density at radius 1 is 1.07 bits per heavy atom. The molecule has 5 atom stereocenters. The van der Waals surface area contributed by atoms with Crippen LogP contribution in [0.2, 0.25) is 0 Å². The molecule has 3 N–H and O–H groups in total. The molecule has 2 aromatic carbocycles. The second kappa shape index (κ2) is 13.9. The molecule has 2 aromatic rings. The lowest BCUT2D eigenvalue weighted by atomic mass is 9.71. The second-order valence-corrected chi connectivity index (χ2v) is 13.2. The molecule has 5 rings (SSSR count). The molecule has 0 radical (unpaired) electrons. The molecule has 1 saturated heterocycles. The van der Waals surface area contributed by atoms with Crippen LogP contribution in [0, 0.1) is 11.8 Å². The molecule has 2 fully saturated rings. The van der Waals surface area contributed by atoms with E-state index in [1.165, 1.54) is 6.92 Å². The molecule has 0 unspecified atom stereocenters. The van der Waals surface area contributed by atoms with Gasteiger partial charge in [0.15, 0.2) is 11.5 Å². The summed E-state index contributed by atoms with van der Waals surface area (Å²) in [7, 11) is 4.69. The zero-order chi connectivity index (χ0) is 33.2. The predicted octanol–water partition coefficient (Wildman–Crippen LogP) is 4.84. The number of piperidine rings is 1. The van der Waals surface area contributed by atoms with Gasteiger partial charge < -0.3 is 34.9 Å². The number of amides is 2. The summed E-state index contributed by atoms with van der Waals surface area (Å²) in [4.78, 5) is 42.3. The van der Waals surface area contributed by atoms with Crippen LogP contribution in [0.1, 0.15) is 82.9 Å². The van der Waals surface area contributed by atoms with E-state index >= 15 is 0 Å². The van der Waals surface area contributed by atoms with Crippen molar-refractivity contribution in [1.29, 1.82) is 0 Å². The van der Waals surface area contributed by atoms with Crippen molar-refractivity contribution in [2.75, 3.05) is 39.7 Å². The number of rotatable bonds is 9. The van der Waals surface area contributed by atoms with Gasteiger partial charge in [-0.3, -0.25) is 14.4 Å². The highest BCUT2D eigenvalue weighted by Gasteiger charge is 2.45. The highest BCUT2D eigenvalue weighted by molar-refractivity contribution is 5.86. The van der Waals surface area contributed by atoms with Crippen molar-refractivity contribution in [1.82, 2.24) is 10.2 Å². The topological polar surface area (TPSA) is 126 Å². The summed E-state index contributed by atoms with van der Waals surface area (Å²) in [5, 5.41) is 17.6. The number of nitrogens with one attached hydrogen (secondary N) is 2.